The number of anilines is 1. The van der Waals surface area contributed by atoms with Gasteiger partial charge < -0.3 is 24.4 Å². The first-order valence-electron chi connectivity index (χ1n) is 11.0. The van der Waals surface area contributed by atoms with Crippen molar-refractivity contribution < 1.29 is 9.53 Å². The Bertz CT molecular complexity index is 1020. The minimum atomic E-state index is -0.137. The number of nitrogens with zero attached hydrogens (tertiary/aromatic N) is 4. The van der Waals surface area contributed by atoms with Crippen molar-refractivity contribution in [2.45, 2.75) is 18.9 Å². The van der Waals surface area contributed by atoms with Crippen LogP contribution in [0.4, 0.5) is 5.69 Å². The van der Waals surface area contributed by atoms with E-state index in [4.69, 9.17) is 4.74 Å². The van der Waals surface area contributed by atoms with Crippen LogP contribution in [0.3, 0.4) is 0 Å². The summed E-state index contributed by atoms with van der Waals surface area (Å²) in [5.74, 6) is 1.26. The predicted molar refractivity (Wildman–Crippen MR) is 125 cm³/mol. The standard InChI is InChI=1S/C24H31N5O3/c1-27(2)10-4-5-24(31)28-15-19(16-28)29(14-17-6-7-17)21-13-26-23(32-3)11-20(21)18-8-9-22(30)25-12-18/h4-5,8-9,11-13,17,19H,6-7,10,14-16H2,1-3H3,(H,25,30). The molecule has 2 aliphatic rings. The number of likely N-dealkylation sites (N-methyl/N-ethyl adjacent to an activating group) is 1. The first-order chi connectivity index (χ1) is 15.4. The van der Waals surface area contributed by atoms with Crippen molar-refractivity contribution in [2.24, 2.45) is 5.92 Å². The lowest BCUT2D eigenvalue weighted by atomic mass is 10.0. The minimum absolute atomic E-state index is 0.0585. The van der Waals surface area contributed by atoms with Crippen LogP contribution in [0.1, 0.15) is 12.8 Å². The molecule has 2 aromatic heterocycles. The largest absolute Gasteiger partial charge is 0.481 e. The fourth-order valence-electron chi connectivity index (χ4n) is 3.90. The van der Waals surface area contributed by atoms with E-state index < -0.39 is 0 Å². The quantitative estimate of drug-likeness (QED) is 0.605. The lowest BCUT2D eigenvalue weighted by Crippen LogP contribution is -2.61. The van der Waals surface area contributed by atoms with Gasteiger partial charge in [0.25, 0.3) is 0 Å². The Morgan fingerprint density at radius 1 is 1.31 bits per heavy atom. The third kappa shape index (κ3) is 5.19. The van der Waals surface area contributed by atoms with Gasteiger partial charge in [-0.1, -0.05) is 6.08 Å². The van der Waals surface area contributed by atoms with Gasteiger partial charge in [-0.3, -0.25) is 9.59 Å². The average Bonchev–Trinajstić information content (AvgIpc) is 3.56. The number of H-pyrrole nitrogens is 1. The second-order valence-corrected chi connectivity index (χ2v) is 8.84. The second kappa shape index (κ2) is 9.56. The zero-order valence-electron chi connectivity index (χ0n) is 19.0. The monoisotopic (exact) mass is 437 g/mol. The molecule has 2 aromatic rings. The molecule has 1 amide bonds. The van der Waals surface area contributed by atoms with Gasteiger partial charge in [-0.05, 0) is 38.9 Å². The zero-order valence-corrected chi connectivity index (χ0v) is 19.0. The maximum Gasteiger partial charge on any atom is 0.247 e. The van der Waals surface area contributed by atoms with E-state index in [1.165, 1.54) is 18.9 Å². The Hall–Kier alpha value is -3.13. The predicted octanol–water partition coefficient (Wildman–Crippen LogP) is 1.99. The second-order valence-electron chi connectivity index (χ2n) is 8.84. The molecule has 3 heterocycles. The number of aromatic amines is 1. The van der Waals surface area contributed by atoms with Crippen molar-refractivity contribution >= 4 is 11.6 Å². The first-order valence-corrected chi connectivity index (χ1v) is 11.0. The lowest BCUT2D eigenvalue weighted by Gasteiger charge is -2.46. The molecule has 4 rings (SSSR count). The van der Waals surface area contributed by atoms with E-state index in [0.717, 1.165) is 29.9 Å². The van der Waals surface area contributed by atoms with E-state index in [1.807, 2.05) is 48.3 Å². The number of carbonyl (C=O) groups excluding carboxylic acids is 1. The minimum Gasteiger partial charge on any atom is -0.481 e. The maximum atomic E-state index is 12.5. The molecule has 0 bridgehead atoms. The highest BCUT2D eigenvalue weighted by molar-refractivity contribution is 5.88. The molecular formula is C24H31N5O3. The molecule has 32 heavy (non-hydrogen) atoms. The molecular weight excluding hydrogens is 406 g/mol. The van der Waals surface area contributed by atoms with Crippen LogP contribution >= 0.6 is 0 Å². The number of amides is 1. The highest BCUT2D eigenvalue weighted by Crippen LogP contribution is 2.38. The van der Waals surface area contributed by atoms with E-state index in [2.05, 4.69) is 14.9 Å². The number of carbonyl (C=O) groups is 1. The Labute approximate surface area is 188 Å². The van der Waals surface area contributed by atoms with Crippen LogP contribution in [0.25, 0.3) is 11.1 Å². The number of ether oxygens (including phenoxy) is 1. The number of aromatic nitrogens is 2. The van der Waals surface area contributed by atoms with Crippen LogP contribution in [0.15, 0.2) is 47.5 Å². The molecule has 1 saturated carbocycles. The summed E-state index contributed by atoms with van der Waals surface area (Å²) in [4.78, 5) is 37.6. The number of hydrogen-bond acceptors (Lipinski definition) is 6. The number of methoxy groups -OCH3 is 1. The van der Waals surface area contributed by atoms with Crippen molar-refractivity contribution in [2.75, 3.05) is 52.3 Å². The van der Waals surface area contributed by atoms with E-state index in [1.54, 1.807) is 19.4 Å². The number of rotatable bonds is 9. The molecule has 8 heteroatoms. The first kappa shape index (κ1) is 22.1. The molecule has 1 aliphatic heterocycles. The van der Waals surface area contributed by atoms with Gasteiger partial charge in [0.1, 0.15) is 0 Å². The summed E-state index contributed by atoms with van der Waals surface area (Å²) < 4.78 is 5.37. The molecule has 1 saturated heterocycles. The molecule has 170 valence electrons. The summed E-state index contributed by atoms with van der Waals surface area (Å²) in [6, 6.07) is 5.49. The Morgan fingerprint density at radius 3 is 2.72 bits per heavy atom. The van der Waals surface area contributed by atoms with Crippen LogP contribution in [0, 0.1) is 5.92 Å². The fourth-order valence-corrected chi connectivity index (χ4v) is 3.90. The Kier molecular flexibility index (Phi) is 6.60. The van der Waals surface area contributed by atoms with Crippen LogP contribution in [0.5, 0.6) is 5.88 Å². The molecule has 0 spiro atoms. The molecule has 0 radical (unpaired) electrons. The lowest BCUT2D eigenvalue weighted by molar-refractivity contribution is -0.130. The zero-order chi connectivity index (χ0) is 22.7. The molecule has 1 N–H and O–H groups in total. The Balaban J connectivity index is 1.56. The van der Waals surface area contributed by atoms with Gasteiger partial charge in [0, 0.05) is 61.7 Å². The van der Waals surface area contributed by atoms with Gasteiger partial charge in [-0.15, -0.1) is 0 Å². The fraction of sp³-hybridized carbons (Fsp3) is 0.458. The normalized spacial score (nSPS) is 16.4. The van der Waals surface area contributed by atoms with E-state index >= 15 is 0 Å². The third-order valence-corrected chi connectivity index (χ3v) is 5.97. The van der Waals surface area contributed by atoms with Crippen molar-refractivity contribution in [1.82, 2.24) is 19.8 Å². The van der Waals surface area contributed by atoms with Crippen molar-refractivity contribution in [1.29, 1.82) is 0 Å². The summed E-state index contributed by atoms with van der Waals surface area (Å²) in [5, 5.41) is 0. The van der Waals surface area contributed by atoms with Gasteiger partial charge in [0.2, 0.25) is 17.3 Å². The maximum absolute atomic E-state index is 12.5. The summed E-state index contributed by atoms with van der Waals surface area (Å²) in [6.45, 7) is 3.06. The van der Waals surface area contributed by atoms with Crippen molar-refractivity contribution in [3.05, 3.63) is 53.1 Å². The average molecular weight is 438 g/mol. The highest BCUT2D eigenvalue weighted by atomic mass is 16.5. The van der Waals surface area contributed by atoms with Gasteiger partial charge in [0.05, 0.1) is 25.0 Å². The summed E-state index contributed by atoms with van der Waals surface area (Å²) in [7, 11) is 5.56. The molecule has 8 nitrogen and oxygen atoms in total. The van der Waals surface area contributed by atoms with Gasteiger partial charge in [-0.2, -0.15) is 0 Å². The molecule has 1 aliphatic carbocycles. The number of likely N-dealkylation sites (tertiary alicyclic amines) is 1. The Morgan fingerprint density at radius 2 is 2.09 bits per heavy atom. The highest BCUT2D eigenvalue weighted by Gasteiger charge is 2.37. The topological polar surface area (TPSA) is 81.8 Å². The smallest absolute Gasteiger partial charge is 0.247 e. The van der Waals surface area contributed by atoms with E-state index in [9.17, 15) is 9.59 Å². The molecule has 0 aromatic carbocycles. The number of nitrogens with one attached hydrogen (secondary N) is 1. The number of hydrogen-bond donors (Lipinski definition) is 1. The molecule has 0 atom stereocenters. The molecule has 2 fully saturated rings. The van der Waals surface area contributed by atoms with Gasteiger partial charge in [-0.25, -0.2) is 4.98 Å². The van der Waals surface area contributed by atoms with Crippen LogP contribution in [0.2, 0.25) is 0 Å². The van der Waals surface area contributed by atoms with Crippen molar-refractivity contribution in [3.63, 3.8) is 0 Å². The summed E-state index contributed by atoms with van der Waals surface area (Å²) >= 11 is 0. The van der Waals surface area contributed by atoms with Crippen LogP contribution < -0.4 is 15.2 Å². The van der Waals surface area contributed by atoms with E-state index in [0.29, 0.717) is 24.9 Å². The van der Waals surface area contributed by atoms with Crippen LogP contribution in [-0.4, -0.2) is 79.1 Å². The van der Waals surface area contributed by atoms with Gasteiger partial charge >= 0.3 is 0 Å². The van der Waals surface area contributed by atoms with Gasteiger partial charge in [0.15, 0.2) is 0 Å². The number of pyridine rings is 2. The molecule has 0 unspecified atom stereocenters. The van der Waals surface area contributed by atoms with E-state index in [-0.39, 0.29) is 17.5 Å². The SMILES string of the molecule is COc1cc(-c2ccc(=O)[nH]c2)c(N(CC2CC2)C2CN(C(=O)C=CCN(C)C)C2)cn1. The summed E-state index contributed by atoms with van der Waals surface area (Å²) in [6.07, 6.45) is 9.61. The van der Waals surface area contributed by atoms with Crippen molar-refractivity contribution in [3.8, 4) is 17.0 Å². The summed E-state index contributed by atoms with van der Waals surface area (Å²) in [5.41, 5.74) is 2.73. The van der Waals surface area contributed by atoms with Crippen LogP contribution in [-0.2, 0) is 4.79 Å². The third-order valence-electron chi connectivity index (χ3n) is 5.97.